The van der Waals surface area contributed by atoms with Crippen LogP contribution in [0, 0.1) is 0 Å². The standard InChI is InChI=1S/C11H22N2O2/c1-9(2)12(3)11(15)8-13-6-4-5-10(14)7-13/h9-10,14H,4-8H2,1-3H3. The van der Waals surface area contributed by atoms with Crippen molar-refractivity contribution in [1.82, 2.24) is 9.80 Å². The van der Waals surface area contributed by atoms with Crippen LogP contribution in [0.15, 0.2) is 0 Å². The molecule has 0 aromatic heterocycles. The van der Waals surface area contributed by atoms with E-state index in [4.69, 9.17) is 0 Å². The molecule has 1 atom stereocenters. The van der Waals surface area contributed by atoms with Gasteiger partial charge in [-0.1, -0.05) is 0 Å². The molecule has 0 saturated carbocycles. The van der Waals surface area contributed by atoms with Crippen LogP contribution >= 0.6 is 0 Å². The van der Waals surface area contributed by atoms with Crippen LogP contribution in [0.5, 0.6) is 0 Å². The minimum absolute atomic E-state index is 0.138. The van der Waals surface area contributed by atoms with E-state index in [1.54, 1.807) is 4.90 Å². The average molecular weight is 214 g/mol. The van der Waals surface area contributed by atoms with Gasteiger partial charge in [0.05, 0.1) is 12.6 Å². The number of rotatable bonds is 3. The van der Waals surface area contributed by atoms with Crippen molar-refractivity contribution in [2.75, 3.05) is 26.7 Å². The van der Waals surface area contributed by atoms with Gasteiger partial charge in [-0.15, -0.1) is 0 Å². The van der Waals surface area contributed by atoms with E-state index in [0.29, 0.717) is 13.1 Å². The highest BCUT2D eigenvalue weighted by atomic mass is 16.3. The third-order valence-corrected chi connectivity index (χ3v) is 3.01. The summed E-state index contributed by atoms with van der Waals surface area (Å²) in [6.45, 7) is 6.00. The number of aliphatic hydroxyl groups is 1. The lowest BCUT2D eigenvalue weighted by Crippen LogP contribution is -2.46. The van der Waals surface area contributed by atoms with Gasteiger partial charge in [0.1, 0.15) is 0 Å². The van der Waals surface area contributed by atoms with Crippen molar-refractivity contribution >= 4 is 5.91 Å². The lowest BCUT2D eigenvalue weighted by Gasteiger charge is -2.31. The second-order valence-electron chi connectivity index (χ2n) is 4.63. The van der Waals surface area contributed by atoms with E-state index in [9.17, 15) is 9.90 Å². The zero-order valence-electron chi connectivity index (χ0n) is 9.94. The summed E-state index contributed by atoms with van der Waals surface area (Å²) in [5.74, 6) is 0.138. The summed E-state index contributed by atoms with van der Waals surface area (Å²) < 4.78 is 0. The molecular formula is C11H22N2O2. The van der Waals surface area contributed by atoms with Crippen LogP contribution in [0.25, 0.3) is 0 Å². The van der Waals surface area contributed by atoms with Crippen molar-refractivity contribution in [1.29, 1.82) is 0 Å². The zero-order chi connectivity index (χ0) is 11.4. The number of likely N-dealkylation sites (N-methyl/N-ethyl adjacent to an activating group) is 1. The molecule has 1 unspecified atom stereocenters. The number of hydrogen-bond donors (Lipinski definition) is 1. The highest BCUT2D eigenvalue weighted by molar-refractivity contribution is 5.78. The van der Waals surface area contributed by atoms with Crippen LogP contribution in [0.1, 0.15) is 26.7 Å². The van der Waals surface area contributed by atoms with Crippen LogP contribution in [0.3, 0.4) is 0 Å². The Kier molecular flexibility index (Phi) is 4.54. The highest BCUT2D eigenvalue weighted by Gasteiger charge is 2.21. The molecule has 4 heteroatoms. The van der Waals surface area contributed by atoms with Crippen LogP contribution in [0.2, 0.25) is 0 Å². The number of hydrogen-bond acceptors (Lipinski definition) is 3. The Morgan fingerprint density at radius 3 is 2.80 bits per heavy atom. The second kappa shape index (κ2) is 5.47. The number of carbonyl (C=O) groups excluding carboxylic acids is 1. The van der Waals surface area contributed by atoms with Crippen molar-refractivity contribution < 1.29 is 9.90 Å². The Labute approximate surface area is 91.9 Å². The van der Waals surface area contributed by atoms with Crippen molar-refractivity contribution in [2.45, 2.75) is 38.8 Å². The fraction of sp³-hybridized carbons (Fsp3) is 0.909. The highest BCUT2D eigenvalue weighted by Crippen LogP contribution is 2.09. The van der Waals surface area contributed by atoms with E-state index in [-0.39, 0.29) is 18.1 Å². The molecule has 88 valence electrons. The molecular weight excluding hydrogens is 192 g/mol. The summed E-state index contributed by atoms with van der Waals surface area (Å²) in [7, 11) is 1.83. The molecule has 1 rings (SSSR count). The van der Waals surface area contributed by atoms with Crippen LogP contribution in [0.4, 0.5) is 0 Å². The molecule has 4 nitrogen and oxygen atoms in total. The van der Waals surface area contributed by atoms with Gasteiger partial charge in [-0.3, -0.25) is 9.69 Å². The summed E-state index contributed by atoms with van der Waals surface area (Å²) in [6.07, 6.45) is 1.60. The van der Waals surface area contributed by atoms with E-state index in [0.717, 1.165) is 19.4 Å². The third-order valence-electron chi connectivity index (χ3n) is 3.01. The summed E-state index contributed by atoms with van der Waals surface area (Å²) in [5, 5.41) is 9.47. The maximum absolute atomic E-state index is 11.8. The predicted molar refractivity (Wildman–Crippen MR) is 59.6 cm³/mol. The van der Waals surface area contributed by atoms with E-state index in [2.05, 4.69) is 0 Å². The summed E-state index contributed by atoms with van der Waals surface area (Å²) >= 11 is 0. The normalized spacial score (nSPS) is 23.1. The Morgan fingerprint density at radius 2 is 2.27 bits per heavy atom. The van der Waals surface area contributed by atoms with Crippen molar-refractivity contribution in [3.63, 3.8) is 0 Å². The molecule has 1 aliphatic heterocycles. The molecule has 0 aliphatic carbocycles. The Hall–Kier alpha value is -0.610. The lowest BCUT2D eigenvalue weighted by molar-refractivity contribution is -0.133. The Morgan fingerprint density at radius 1 is 1.60 bits per heavy atom. The third kappa shape index (κ3) is 3.80. The SMILES string of the molecule is CC(C)N(C)C(=O)CN1CCCC(O)C1. The van der Waals surface area contributed by atoms with Gasteiger partial charge in [-0.05, 0) is 33.2 Å². The van der Waals surface area contributed by atoms with Crippen LogP contribution < -0.4 is 0 Å². The fourth-order valence-corrected chi connectivity index (χ4v) is 1.77. The van der Waals surface area contributed by atoms with Gasteiger partial charge in [0.2, 0.25) is 5.91 Å². The monoisotopic (exact) mass is 214 g/mol. The predicted octanol–water partition coefficient (Wildman–Crippen LogP) is 0.310. The van der Waals surface area contributed by atoms with Crippen molar-refractivity contribution in [3.8, 4) is 0 Å². The second-order valence-corrected chi connectivity index (χ2v) is 4.63. The van der Waals surface area contributed by atoms with E-state index < -0.39 is 0 Å². The molecule has 15 heavy (non-hydrogen) atoms. The first-order valence-corrected chi connectivity index (χ1v) is 5.66. The molecule has 1 aliphatic rings. The van der Waals surface area contributed by atoms with Gasteiger partial charge in [-0.25, -0.2) is 0 Å². The summed E-state index contributed by atoms with van der Waals surface area (Å²) in [4.78, 5) is 15.6. The molecule has 0 radical (unpaired) electrons. The molecule has 1 heterocycles. The van der Waals surface area contributed by atoms with E-state index in [1.807, 2.05) is 25.8 Å². The smallest absolute Gasteiger partial charge is 0.236 e. The van der Waals surface area contributed by atoms with Crippen LogP contribution in [-0.4, -0.2) is 59.6 Å². The number of piperidine rings is 1. The van der Waals surface area contributed by atoms with Crippen molar-refractivity contribution in [2.24, 2.45) is 0 Å². The zero-order valence-corrected chi connectivity index (χ0v) is 9.94. The Balaban J connectivity index is 2.37. The largest absolute Gasteiger partial charge is 0.392 e. The minimum Gasteiger partial charge on any atom is -0.392 e. The molecule has 1 N–H and O–H groups in total. The number of β-amino-alcohol motifs (C(OH)–C–C–N with tert-alkyl or cyclic N) is 1. The number of aliphatic hydroxyl groups excluding tert-OH is 1. The number of nitrogens with zero attached hydrogens (tertiary/aromatic N) is 2. The lowest BCUT2D eigenvalue weighted by atomic mass is 10.1. The van der Waals surface area contributed by atoms with Gasteiger partial charge in [0, 0.05) is 19.6 Å². The molecule has 1 fully saturated rings. The maximum atomic E-state index is 11.8. The number of carbonyl (C=O) groups is 1. The average Bonchev–Trinajstić information content (AvgIpc) is 2.16. The quantitative estimate of drug-likeness (QED) is 0.735. The van der Waals surface area contributed by atoms with Crippen LogP contribution in [-0.2, 0) is 4.79 Å². The first-order valence-electron chi connectivity index (χ1n) is 5.66. The first-order chi connectivity index (χ1) is 7.00. The minimum atomic E-state index is -0.254. The van der Waals surface area contributed by atoms with Gasteiger partial charge in [0.15, 0.2) is 0 Å². The van der Waals surface area contributed by atoms with Gasteiger partial charge >= 0.3 is 0 Å². The topological polar surface area (TPSA) is 43.8 Å². The van der Waals surface area contributed by atoms with Gasteiger partial charge in [-0.2, -0.15) is 0 Å². The number of amides is 1. The summed E-state index contributed by atoms with van der Waals surface area (Å²) in [5.41, 5.74) is 0. The van der Waals surface area contributed by atoms with Gasteiger partial charge in [0.25, 0.3) is 0 Å². The summed E-state index contributed by atoms with van der Waals surface area (Å²) in [6, 6.07) is 0.243. The molecule has 1 saturated heterocycles. The molecule has 1 amide bonds. The molecule has 0 spiro atoms. The van der Waals surface area contributed by atoms with Crippen molar-refractivity contribution in [3.05, 3.63) is 0 Å². The molecule has 0 bridgehead atoms. The van der Waals surface area contributed by atoms with E-state index >= 15 is 0 Å². The Bertz CT molecular complexity index is 219. The van der Waals surface area contributed by atoms with Gasteiger partial charge < -0.3 is 10.0 Å². The molecule has 0 aromatic carbocycles. The first kappa shape index (κ1) is 12.5. The fourth-order valence-electron chi connectivity index (χ4n) is 1.77. The number of likely N-dealkylation sites (tertiary alicyclic amines) is 1. The van der Waals surface area contributed by atoms with E-state index in [1.165, 1.54) is 0 Å². The maximum Gasteiger partial charge on any atom is 0.236 e. The molecule has 0 aromatic rings.